The number of carboxylic acids is 1. The van der Waals surface area contributed by atoms with Gasteiger partial charge in [-0.15, -0.1) is 0 Å². The minimum absolute atomic E-state index is 0.254. The lowest BCUT2D eigenvalue weighted by Crippen LogP contribution is -2.45. The van der Waals surface area contributed by atoms with Gasteiger partial charge < -0.3 is 10.4 Å². The lowest BCUT2D eigenvalue weighted by molar-refractivity contribution is -0.144. The van der Waals surface area contributed by atoms with Crippen LogP contribution in [0.3, 0.4) is 0 Å². The van der Waals surface area contributed by atoms with Crippen LogP contribution in [0.4, 0.5) is 5.69 Å². The number of amides is 1. The minimum Gasteiger partial charge on any atom is -0.480 e. The van der Waals surface area contributed by atoms with Gasteiger partial charge in [-0.2, -0.15) is 0 Å². The van der Waals surface area contributed by atoms with Crippen molar-refractivity contribution < 1.29 is 14.7 Å². The quantitative estimate of drug-likeness (QED) is 0.506. The molecule has 0 aliphatic carbocycles. The summed E-state index contributed by atoms with van der Waals surface area (Å²) in [6, 6.07) is 15.5. The number of anilines is 1. The van der Waals surface area contributed by atoms with E-state index in [0.29, 0.717) is 17.9 Å². The highest BCUT2D eigenvalue weighted by Gasteiger charge is 2.29. The molecule has 1 fully saturated rings. The molecule has 6 heteroatoms. The summed E-state index contributed by atoms with van der Waals surface area (Å²) in [4.78, 5) is 27.7. The Kier molecular flexibility index (Phi) is 8.31. The molecule has 0 saturated carbocycles. The largest absolute Gasteiger partial charge is 0.480 e. The van der Waals surface area contributed by atoms with Gasteiger partial charge in [0.05, 0.1) is 4.91 Å². The third kappa shape index (κ3) is 5.90. The minimum atomic E-state index is -0.782. The van der Waals surface area contributed by atoms with E-state index >= 15 is 0 Å². The summed E-state index contributed by atoms with van der Waals surface area (Å²) in [5, 5.41) is 12.5. The molecule has 5 nitrogen and oxygen atoms in total. The van der Waals surface area contributed by atoms with Gasteiger partial charge in [0.25, 0.3) is 5.91 Å². The molecule has 2 aromatic carbocycles. The van der Waals surface area contributed by atoms with Gasteiger partial charge in [0, 0.05) is 12.2 Å². The molecule has 1 aliphatic heterocycles. The number of thioether (sulfide) groups is 1. The monoisotopic (exact) mass is 450 g/mol. The molecule has 1 amide bonds. The van der Waals surface area contributed by atoms with Gasteiger partial charge in [0.15, 0.2) is 0 Å². The average Bonchev–Trinajstić information content (AvgIpc) is 2.80. The average molecular weight is 451 g/mol. The summed E-state index contributed by atoms with van der Waals surface area (Å²) in [7, 11) is 0. The molecular weight excluding hydrogens is 420 g/mol. The number of allylic oxidation sites excluding steroid dienone is 1. The van der Waals surface area contributed by atoms with Crippen LogP contribution in [0.15, 0.2) is 71.0 Å². The summed E-state index contributed by atoms with van der Waals surface area (Å²) in [5.41, 5.74) is 3.91. The number of nitrogens with one attached hydrogen (secondary N) is 1. The maximum atomic E-state index is 12.9. The van der Waals surface area contributed by atoms with Gasteiger partial charge >= 0.3 is 5.97 Å². The Morgan fingerprint density at radius 3 is 2.62 bits per heavy atom. The predicted molar refractivity (Wildman–Crippen MR) is 133 cm³/mol. The molecule has 3 rings (SSSR count). The molecule has 1 heterocycles. The number of hydrogen-bond donors (Lipinski definition) is 2. The number of carboxylic acid groups (broad SMARTS) is 1. The Balaban J connectivity index is 1.66. The molecule has 0 radical (unpaired) electrons. The summed E-state index contributed by atoms with van der Waals surface area (Å²) in [5.74, 6) is -1.04. The number of carbonyl (C=O) groups is 2. The maximum absolute atomic E-state index is 12.9. The molecule has 0 aromatic heterocycles. The van der Waals surface area contributed by atoms with Crippen LogP contribution >= 0.6 is 11.8 Å². The van der Waals surface area contributed by atoms with Crippen molar-refractivity contribution in [1.82, 2.24) is 4.90 Å². The van der Waals surface area contributed by atoms with Crippen molar-refractivity contribution >= 4 is 29.3 Å². The van der Waals surface area contributed by atoms with Crippen molar-refractivity contribution in [2.45, 2.75) is 39.2 Å². The highest BCUT2D eigenvalue weighted by atomic mass is 32.2. The molecule has 2 aromatic rings. The third-order valence-electron chi connectivity index (χ3n) is 5.75. The molecule has 1 saturated heterocycles. The fourth-order valence-corrected chi connectivity index (χ4v) is 4.75. The maximum Gasteiger partial charge on any atom is 0.320 e. The Bertz CT molecular complexity index is 1020. The van der Waals surface area contributed by atoms with E-state index in [-0.39, 0.29) is 5.91 Å². The van der Waals surface area contributed by atoms with Crippen LogP contribution in [-0.4, -0.2) is 41.0 Å². The zero-order valence-corrected chi connectivity index (χ0v) is 19.5. The van der Waals surface area contributed by atoms with E-state index in [1.807, 2.05) is 73.4 Å². The van der Waals surface area contributed by atoms with E-state index in [0.717, 1.165) is 46.7 Å². The Labute approximate surface area is 194 Å². The van der Waals surface area contributed by atoms with Crippen molar-refractivity contribution in [3.63, 3.8) is 0 Å². The molecule has 32 heavy (non-hydrogen) atoms. The van der Waals surface area contributed by atoms with Gasteiger partial charge in [-0.3, -0.25) is 14.5 Å². The summed E-state index contributed by atoms with van der Waals surface area (Å²) in [6.45, 7) is 9.12. The molecule has 2 N–H and O–H groups in total. The molecular formula is C26H30N2O3S. The fourth-order valence-electron chi connectivity index (χ4n) is 3.94. The summed E-state index contributed by atoms with van der Waals surface area (Å²) < 4.78 is 0. The van der Waals surface area contributed by atoms with Crippen molar-refractivity contribution in [3.05, 3.63) is 76.6 Å². The third-order valence-corrected chi connectivity index (χ3v) is 6.81. The van der Waals surface area contributed by atoms with Crippen LogP contribution in [0.5, 0.6) is 0 Å². The first-order valence-corrected chi connectivity index (χ1v) is 11.7. The van der Waals surface area contributed by atoms with E-state index in [4.69, 9.17) is 0 Å². The van der Waals surface area contributed by atoms with Crippen LogP contribution in [0.2, 0.25) is 0 Å². The van der Waals surface area contributed by atoms with Crippen molar-refractivity contribution in [2.24, 2.45) is 0 Å². The second-order valence-corrected chi connectivity index (χ2v) is 9.12. The zero-order chi connectivity index (χ0) is 23.1. The number of nitrogens with zero attached hydrogens (tertiary/aromatic N) is 1. The van der Waals surface area contributed by atoms with Crippen LogP contribution < -0.4 is 5.32 Å². The first-order valence-electron chi connectivity index (χ1n) is 10.9. The number of rotatable bonds is 8. The number of piperidine rings is 1. The Morgan fingerprint density at radius 1 is 1.19 bits per heavy atom. The summed E-state index contributed by atoms with van der Waals surface area (Å²) in [6.07, 6.45) is 4.51. The molecule has 1 unspecified atom stereocenters. The first kappa shape index (κ1) is 23.8. The first-order chi connectivity index (χ1) is 15.4. The SMILES string of the molecule is C=C(S/C(=C\C)CN1CCCCC1C(=O)O)C(=O)Nc1cccc(-c2ccccc2)c1C. The van der Waals surface area contributed by atoms with Crippen LogP contribution in [-0.2, 0) is 9.59 Å². The van der Waals surface area contributed by atoms with Crippen molar-refractivity contribution in [2.75, 3.05) is 18.4 Å². The Hall–Kier alpha value is -2.83. The zero-order valence-electron chi connectivity index (χ0n) is 18.6. The molecule has 1 atom stereocenters. The number of likely N-dealkylation sites (tertiary alicyclic amines) is 1. The standard InChI is InChI=1S/C26H30N2O3S/c1-4-21(17-28-16-9-8-15-24(28)26(30)31)32-19(3)25(29)27-23-14-10-13-22(18(23)2)20-11-6-5-7-12-20/h4-7,10-14,24H,3,8-9,15-17H2,1-2H3,(H,27,29)(H,30,31)/b21-4-. The number of benzene rings is 2. The van der Waals surface area contributed by atoms with Gasteiger partial charge in [-0.25, -0.2) is 0 Å². The van der Waals surface area contributed by atoms with Gasteiger partial charge in [0.2, 0.25) is 0 Å². The van der Waals surface area contributed by atoms with Crippen LogP contribution in [0.25, 0.3) is 11.1 Å². The van der Waals surface area contributed by atoms with Gasteiger partial charge in [-0.1, -0.05) is 73.3 Å². The van der Waals surface area contributed by atoms with Crippen LogP contribution in [0.1, 0.15) is 31.7 Å². The highest BCUT2D eigenvalue weighted by molar-refractivity contribution is 8.07. The molecule has 0 spiro atoms. The second kappa shape index (κ2) is 11.2. The van der Waals surface area contributed by atoms with E-state index in [2.05, 4.69) is 11.9 Å². The van der Waals surface area contributed by atoms with E-state index < -0.39 is 12.0 Å². The lowest BCUT2D eigenvalue weighted by Gasteiger charge is -2.33. The van der Waals surface area contributed by atoms with Gasteiger partial charge in [-0.05, 0) is 60.9 Å². The fraction of sp³-hybridized carbons (Fsp3) is 0.308. The topological polar surface area (TPSA) is 69.6 Å². The van der Waals surface area contributed by atoms with Gasteiger partial charge in [0.1, 0.15) is 6.04 Å². The van der Waals surface area contributed by atoms with Crippen LogP contribution in [0, 0.1) is 6.92 Å². The van der Waals surface area contributed by atoms with E-state index in [1.54, 1.807) is 0 Å². The van der Waals surface area contributed by atoms with Crippen molar-refractivity contribution in [3.8, 4) is 11.1 Å². The van der Waals surface area contributed by atoms with E-state index in [1.165, 1.54) is 11.8 Å². The van der Waals surface area contributed by atoms with E-state index in [9.17, 15) is 14.7 Å². The summed E-state index contributed by atoms with van der Waals surface area (Å²) >= 11 is 1.31. The van der Waals surface area contributed by atoms with Crippen molar-refractivity contribution in [1.29, 1.82) is 0 Å². The second-order valence-electron chi connectivity index (χ2n) is 7.90. The number of carbonyl (C=O) groups excluding carboxylic acids is 1. The number of aliphatic carboxylic acids is 1. The molecule has 168 valence electrons. The normalized spacial score (nSPS) is 17.1. The smallest absolute Gasteiger partial charge is 0.320 e. The number of hydrogen-bond acceptors (Lipinski definition) is 4. The molecule has 1 aliphatic rings. The highest BCUT2D eigenvalue weighted by Crippen LogP contribution is 2.31. The predicted octanol–water partition coefficient (Wildman–Crippen LogP) is 5.69. The lowest BCUT2D eigenvalue weighted by atomic mass is 9.99. The molecule has 0 bridgehead atoms. The Morgan fingerprint density at radius 2 is 1.94 bits per heavy atom.